The number of Topliss-reactive ketones (excluding diaryl/α,β-unsaturated/α-hetero) is 1. The number of piperazine rings is 1. The molecule has 0 bridgehead atoms. The fraction of sp³-hybridized carbons (Fsp3) is 0.333. The Kier molecular flexibility index (Phi) is 6.23. The van der Waals surface area contributed by atoms with Gasteiger partial charge in [0.05, 0.1) is 11.0 Å². The van der Waals surface area contributed by atoms with Crippen molar-refractivity contribution in [1.82, 2.24) is 4.90 Å². The zero-order valence-electron chi connectivity index (χ0n) is 16.5. The van der Waals surface area contributed by atoms with Gasteiger partial charge in [-0.25, -0.2) is 0 Å². The largest absolute Gasteiger partial charge is 0.369 e. The summed E-state index contributed by atoms with van der Waals surface area (Å²) in [5, 5.41) is 13.7. The number of ketones is 1. The Morgan fingerprint density at radius 1 is 1.00 bits per heavy atom. The van der Waals surface area contributed by atoms with Crippen molar-refractivity contribution in [2.45, 2.75) is 19.9 Å². The number of rotatable bonds is 6. The quantitative estimate of drug-likeness (QED) is 0.458. The van der Waals surface area contributed by atoms with Crippen molar-refractivity contribution >= 4 is 28.8 Å². The van der Waals surface area contributed by atoms with E-state index in [0.717, 1.165) is 31.9 Å². The van der Waals surface area contributed by atoms with Crippen LogP contribution in [0.4, 0.5) is 17.1 Å². The molecule has 0 unspecified atom stereocenters. The van der Waals surface area contributed by atoms with Gasteiger partial charge in [-0.1, -0.05) is 0 Å². The Morgan fingerprint density at radius 2 is 1.59 bits per heavy atom. The average molecular weight is 396 g/mol. The van der Waals surface area contributed by atoms with Gasteiger partial charge in [0, 0.05) is 55.2 Å². The number of carbonyl (C=O) groups is 2. The van der Waals surface area contributed by atoms with Gasteiger partial charge in [0.2, 0.25) is 5.91 Å². The van der Waals surface area contributed by atoms with Crippen LogP contribution >= 0.6 is 0 Å². The highest BCUT2D eigenvalue weighted by molar-refractivity contribution is 5.97. The maximum Gasteiger partial charge on any atom is 0.269 e. The molecule has 1 heterocycles. The topological polar surface area (TPSA) is 95.8 Å². The van der Waals surface area contributed by atoms with Crippen molar-refractivity contribution in [2.75, 3.05) is 36.4 Å². The van der Waals surface area contributed by atoms with Crippen LogP contribution in [-0.4, -0.2) is 53.7 Å². The third-order valence-electron chi connectivity index (χ3n) is 5.23. The number of nitrogens with one attached hydrogen (secondary N) is 1. The summed E-state index contributed by atoms with van der Waals surface area (Å²) >= 11 is 0. The smallest absolute Gasteiger partial charge is 0.269 e. The highest BCUT2D eigenvalue weighted by Crippen LogP contribution is 2.21. The van der Waals surface area contributed by atoms with Gasteiger partial charge < -0.3 is 10.2 Å². The number of amides is 1. The van der Waals surface area contributed by atoms with Crippen LogP contribution in [0, 0.1) is 10.1 Å². The van der Waals surface area contributed by atoms with E-state index in [1.807, 2.05) is 6.92 Å². The Bertz CT molecular complexity index is 888. The number of benzene rings is 2. The molecule has 0 spiro atoms. The molecule has 1 N–H and O–H groups in total. The molecule has 1 amide bonds. The molecule has 29 heavy (non-hydrogen) atoms. The summed E-state index contributed by atoms with van der Waals surface area (Å²) in [5.74, 6) is -0.105. The second kappa shape index (κ2) is 8.83. The number of nitro benzene ring substituents is 1. The van der Waals surface area contributed by atoms with Gasteiger partial charge in [-0.05, 0) is 50.2 Å². The van der Waals surface area contributed by atoms with Gasteiger partial charge in [0.15, 0.2) is 5.78 Å². The van der Waals surface area contributed by atoms with E-state index in [1.165, 1.54) is 19.1 Å². The minimum absolute atomic E-state index is 0.0119. The lowest BCUT2D eigenvalue weighted by atomic mass is 10.1. The van der Waals surface area contributed by atoms with E-state index in [2.05, 4.69) is 15.1 Å². The molecule has 0 aromatic heterocycles. The van der Waals surface area contributed by atoms with E-state index >= 15 is 0 Å². The minimum Gasteiger partial charge on any atom is -0.369 e. The summed E-state index contributed by atoms with van der Waals surface area (Å²) in [5.41, 5.74) is 2.29. The zero-order chi connectivity index (χ0) is 21.0. The molecule has 1 aliphatic heterocycles. The van der Waals surface area contributed by atoms with Crippen LogP contribution in [0.5, 0.6) is 0 Å². The van der Waals surface area contributed by atoms with E-state index in [9.17, 15) is 19.7 Å². The number of nitrogens with zero attached hydrogens (tertiary/aromatic N) is 3. The molecule has 8 heteroatoms. The molecule has 152 valence electrons. The van der Waals surface area contributed by atoms with Crippen LogP contribution in [0.25, 0.3) is 0 Å². The van der Waals surface area contributed by atoms with Gasteiger partial charge in [-0.3, -0.25) is 24.6 Å². The average Bonchev–Trinajstić information content (AvgIpc) is 2.73. The van der Waals surface area contributed by atoms with Crippen LogP contribution in [-0.2, 0) is 4.79 Å². The summed E-state index contributed by atoms with van der Waals surface area (Å²) in [6, 6.07) is 13.1. The monoisotopic (exact) mass is 396 g/mol. The van der Waals surface area contributed by atoms with Gasteiger partial charge in [0.1, 0.15) is 0 Å². The van der Waals surface area contributed by atoms with Crippen LogP contribution in [0.2, 0.25) is 0 Å². The van der Waals surface area contributed by atoms with Crippen molar-refractivity contribution in [3.05, 3.63) is 64.2 Å². The summed E-state index contributed by atoms with van der Waals surface area (Å²) in [6.07, 6.45) is 0. The van der Waals surface area contributed by atoms with E-state index < -0.39 is 4.92 Å². The standard InChI is InChI=1S/C21H24N4O4/c1-15(21(27)22-18-5-3-17(4-6-18)16(2)26)23-11-13-24(14-12-23)19-7-9-20(10-8-19)25(28)29/h3-10,15H,11-14H2,1-2H3,(H,22,27)/t15-/m1/s1. The molecular weight excluding hydrogens is 372 g/mol. The van der Waals surface area contributed by atoms with Crippen molar-refractivity contribution in [3.63, 3.8) is 0 Å². The SMILES string of the molecule is CC(=O)c1ccc(NC(=O)[C@@H](C)N2CCN(c3ccc([N+](=O)[O-])cc3)CC2)cc1. The maximum absolute atomic E-state index is 12.6. The Hall–Kier alpha value is -3.26. The summed E-state index contributed by atoms with van der Waals surface area (Å²) < 4.78 is 0. The molecule has 2 aromatic rings. The van der Waals surface area contributed by atoms with Crippen molar-refractivity contribution in [2.24, 2.45) is 0 Å². The van der Waals surface area contributed by atoms with E-state index in [-0.39, 0.29) is 23.4 Å². The first kappa shape index (κ1) is 20.5. The number of carbonyl (C=O) groups excluding carboxylic acids is 2. The Morgan fingerprint density at radius 3 is 2.10 bits per heavy atom. The summed E-state index contributed by atoms with van der Waals surface area (Å²) in [4.78, 5) is 38.6. The third-order valence-corrected chi connectivity index (χ3v) is 5.23. The van der Waals surface area contributed by atoms with Crippen LogP contribution in [0.1, 0.15) is 24.2 Å². The lowest BCUT2D eigenvalue weighted by molar-refractivity contribution is -0.384. The van der Waals surface area contributed by atoms with Crippen LogP contribution in [0.3, 0.4) is 0 Å². The molecule has 1 saturated heterocycles. The Balaban J connectivity index is 1.53. The lowest BCUT2D eigenvalue weighted by Crippen LogP contribution is -2.52. The normalized spacial score (nSPS) is 15.6. The molecule has 0 aliphatic carbocycles. The highest BCUT2D eigenvalue weighted by atomic mass is 16.6. The maximum atomic E-state index is 12.6. The number of anilines is 2. The molecule has 8 nitrogen and oxygen atoms in total. The molecule has 1 fully saturated rings. The van der Waals surface area contributed by atoms with E-state index in [0.29, 0.717) is 11.3 Å². The second-order valence-corrected chi connectivity index (χ2v) is 7.10. The molecule has 1 aliphatic rings. The summed E-state index contributed by atoms with van der Waals surface area (Å²) in [6.45, 7) is 6.29. The number of nitro groups is 1. The predicted octanol–water partition coefficient (Wildman–Crippen LogP) is 2.95. The fourth-order valence-corrected chi connectivity index (χ4v) is 3.35. The predicted molar refractivity (Wildman–Crippen MR) is 111 cm³/mol. The van der Waals surface area contributed by atoms with Gasteiger partial charge in [0.25, 0.3) is 5.69 Å². The number of hydrogen-bond acceptors (Lipinski definition) is 6. The summed E-state index contributed by atoms with van der Waals surface area (Å²) in [7, 11) is 0. The highest BCUT2D eigenvalue weighted by Gasteiger charge is 2.26. The van der Waals surface area contributed by atoms with Crippen molar-refractivity contribution in [3.8, 4) is 0 Å². The van der Waals surface area contributed by atoms with Crippen molar-refractivity contribution < 1.29 is 14.5 Å². The number of non-ortho nitro benzene ring substituents is 1. The number of hydrogen-bond donors (Lipinski definition) is 1. The first-order chi connectivity index (χ1) is 13.8. The first-order valence-corrected chi connectivity index (χ1v) is 9.50. The van der Waals surface area contributed by atoms with Gasteiger partial charge in [-0.2, -0.15) is 0 Å². The third kappa shape index (κ3) is 4.97. The molecule has 0 radical (unpaired) electrons. The van der Waals surface area contributed by atoms with E-state index in [4.69, 9.17) is 0 Å². The lowest BCUT2D eigenvalue weighted by Gasteiger charge is -2.38. The molecule has 0 saturated carbocycles. The fourth-order valence-electron chi connectivity index (χ4n) is 3.35. The molecule has 3 rings (SSSR count). The van der Waals surface area contributed by atoms with Gasteiger partial charge in [-0.15, -0.1) is 0 Å². The molecule has 2 aromatic carbocycles. The second-order valence-electron chi connectivity index (χ2n) is 7.10. The first-order valence-electron chi connectivity index (χ1n) is 9.50. The zero-order valence-corrected chi connectivity index (χ0v) is 16.5. The Labute approximate surface area is 169 Å². The molecular formula is C21H24N4O4. The minimum atomic E-state index is -0.407. The molecule has 1 atom stereocenters. The van der Waals surface area contributed by atoms with Crippen LogP contribution < -0.4 is 10.2 Å². The van der Waals surface area contributed by atoms with E-state index in [1.54, 1.807) is 36.4 Å². The van der Waals surface area contributed by atoms with Crippen LogP contribution in [0.15, 0.2) is 48.5 Å². The van der Waals surface area contributed by atoms with Gasteiger partial charge >= 0.3 is 0 Å². The van der Waals surface area contributed by atoms with Crippen molar-refractivity contribution in [1.29, 1.82) is 0 Å².